The maximum atomic E-state index is 11.9. The molecule has 20 heavy (non-hydrogen) atoms. The van der Waals surface area contributed by atoms with Crippen molar-refractivity contribution < 1.29 is 19.2 Å². The zero-order chi connectivity index (χ0) is 14.5. The Balaban J connectivity index is 2.15. The number of benzene rings is 1. The van der Waals surface area contributed by atoms with Crippen molar-refractivity contribution in [3.63, 3.8) is 0 Å². The third-order valence-electron chi connectivity index (χ3n) is 2.65. The van der Waals surface area contributed by atoms with E-state index in [1.165, 1.54) is 0 Å². The molecule has 1 aromatic carbocycles. The first-order chi connectivity index (χ1) is 9.63. The summed E-state index contributed by atoms with van der Waals surface area (Å²) in [4.78, 5) is 11.9. The minimum atomic E-state index is -0.366. The lowest BCUT2D eigenvalue weighted by atomic mass is 10.2. The van der Waals surface area contributed by atoms with Crippen LogP contribution in [0, 0.1) is 6.92 Å². The average Bonchev–Trinajstić information content (AvgIpc) is 2.87. The molecule has 6 nitrogen and oxygen atoms in total. The Morgan fingerprint density at radius 3 is 2.85 bits per heavy atom. The number of carbonyl (C=O) groups is 1. The summed E-state index contributed by atoms with van der Waals surface area (Å²) >= 11 is 0. The molecule has 0 fully saturated rings. The molecule has 0 aliphatic carbocycles. The smallest absolute Gasteiger partial charge is 0.277 e. The second kappa shape index (κ2) is 6.21. The summed E-state index contributed by atoms with van der Waals surface area (Å²) in [6.45, 7) is 3.92. The van der Waals surface area contributed by atoms with E-state index in [4.69, 9.17) is 9.26 Å². The third kappa shape index (κ3) is 3.16. The number of nitrogens with one attached hydrogen (secondary N) is 1. The Morgan fingerprint density at radius 2 is 2.25 bits per heavy atom. The lowest BCUT2D eigenvalue weighted by molar-refractivity contribution is 0.101. The summed E-state index contributed by atoms with van der Waals surface area (Å²) in [7, 11) is 0. The Labute approximate surface area is 116 Å². The van der Waals surface area contributed by atoms with E-state index in [1.807, 2.05) is 6.92 Å². The number of hydrogen-bond acceptors (Lipinski definition) is 5. The Morgan fingerprint density at radius 1 is 1.45 bits per heavy atom. The fraction of sp³-hybridized carbons (Fsp3) is 0.286. The van der Waals surface area contributed by atoms with Crippen LogP contribution in [0.1, 0.15) is 28.7 Å². The number of hydrogen-bond donors (Lipinski definition) is 2. The molecule has 0 spiro atoms. The van der Waals surface area contributed by atoms with E-state index in [2.05, 4.69) is 10.5 Å². The van der Waals surface area contributed by atoms with Crippen LogP contribution < -0.4 is 10.1 Å². The summed E-state index contributed by atoms with van der Waals surface area (Å²) < 4.78 is 10.2. The molecule has 2 aromatic rings. The van der Waals surface area contributed by atoms with Crippen LogP contribution in [0.5, 0.6) is 5.75 Å². The fourth-order valence-electron chi connectivity index (χ4n) is 1.75. The van der Waals surface area contributed by atoms with Crippen molar-refractivity contribution in [2.45, 2.75) is 20.5 Å². The van der Waals surface area contributed by atoms with E-state index in [0.717, 1.165) is 0 Å². The summed E-state index contributed by atoms with van der Waals surface area (Å²) in [5.74, 6) is 0.804. The van der Waals surface area contributed by atoms with Crippen molar-refractivity contribution in [1.29, 1.82) is 0 Å². The number of aromatic nitrogens is 1. The topological polar surface area (TPSA) is 84.6 Å². The highest BCUT2D eigenvalue weighted by Crippen LogP contribution is 2.23. The Bertz CT molecular complexity index is 607. The molecule has 1 aromatic heterocycles. The van der Waals surface area contributed by atoms with Gasteiger partial charge in [0.05, 0.1) is 13.2 Å². The maximum Gasteiger partial charge on any atom is 0.277 e. The van der Waals surface area contributed by atoms with Gasteiger partial charge < -0.3 is 19.7 Å². The van der Waals surface area contributed by atoms with Crippen molar-refractivity contribution >= 4 is 11.6 Å². The number of rotatable bonds is 5. The molecular weight excluding hydrogens is 260 g/mol. The molecule has 0 unspecified atom stereocenters. The number of ether oxygens (including phenoxy) is 1. The first kappa shape index (κ1) is 14.1. The van der Waals surface area contributed by atoms with Crippen LogP contribution in [0.2, 0.25) is 0 Å². The van der Waals surface area contributed by atoms with Crippen LogP contribution >= 0.6 is 0 Å². The van der Waals surface area contributed by atoms with Gasteiger partial charge in [0, 0.05) is 17.3 Å². The van der Waals surface area contributed by atoms with Crippen LogP contribution in [-0.2, 0) is 6.61 Å². The SMILES string of the molecule is CCOc1ccc(NC(=O)c2cc(C)on2)cc1CO. The highest BCUT2D eigenvalue weighted by atomic mass is 16.5. The van der Waals surface area contributed by atoms with Crippen molar-refractivity contribution in [2.75, 3.05) is 11.9 Å². The van der Waals surface area contributed by atoms with Gasteiger partial charge >= 0.3 is 0 Å². The summed E-state index contributed by atoms with van der Waals surface area (Å²) in [5, 5.41) is 15.6. The van der Waals surface area contributed by atoms with Crippen molar-refractivity contribution in [1.82, 2.24) is 5.16 Å². The van der Waals surface area contributed by atoms with Crippen molar-refractivity contribution in [3.8, 4) is 5.75 Å². The fourth-order valence-corrected chi connectivity index (χ4v) is 1.75. The predicted octanol–water partition coefficient (Wildman–Crippen LogP) is 2.13. The van der Waals surface area contributed by atoms with Gasteiger partial charge in [0.25, 0.3) is 5.91 Å². The molecule has 0 atom stereocenters. The predicted molar refractivity (Wildman–Crippen MR) is 72.7 cm³/mol. The summed E-state index contributed by atoms with van der Waals surface area (Å²) in [6, 6.07) is 6.63. The van der Waals surface area contributed by atoms with E-state index in [-0.39, 0.29) is 18.2 Å². The van der Waals surface area contributed by atoms with Crippen LogP contribution in [0.25, 0.3) is 0 Å². The lowest BCUT2D eigenvalue weighted by Crippen LogP contribution is -2.12. The normalized spacial score (nSPS) is 10.3. The number of aliphatic hydroxyl groups excluding tert-OH is 1. The molecule has 6 heteroatoms. The number of nitrogens with zero attached hydrogens (tertiary/aromatic N) is 1. The Kier molecular flexibility index (Phi) is 4.37. The van der Waals surface area contributed by atoms with Crippen LogP contribution in [0.4, 0.5) is 5.69 Å². The van der Waals surface area contributed by atoms with Gasteiger partial charge in [0.2, 0.25) is 0 Å². The van der Waals surface area contributed by atoms with Crippen molar-refractivity contribution in [2.24, 2.45) is 0 Å². The molecule has 0 saturated carbocycles. The van der Waals surface area contributed by atoms with Gasteiger partial charge in [-0.2, -0.15) is 0 Å². The first-order valence-corrected chi connectivity index (χ1v) is 6.25. The largest absolute Gasteiger partial charge is 0.494 e. The van der Waals surface area contributed by atoms with Crippen molar-refractivity contribution in [3.05, 3.63) is 41.3 Å². The molecular formula is C14H16N2O4. The standard InChI is InChI=1S/C14H16N2O4/c1-3-19-13-5-4-11(7-10(13)8-17)15-14(18)12-6-9(2)20-16-12/h4-7,17H,3,8H2,1-2H3,(H,15,18). The molecule has 1 amide bonds. The monoisotopic (exact) mass is 276 g/mol. The molecule has 0 saturated heterocycles. The second-order valence-electron chi connectivity index (χ2n) is 4.19. The molecule has 106 valence electrons. The number of anilines is 1. The van der Waals surface area contributed by atoms with Gasteiger partial charge in [-0.05, 0) is 32.0 Å². The van der Waals surface area contributed by atoms with Crippen LogP contribution in [0.15, 0.2) is 28.8 Å². The quantitative estimate of drug-likeness (QED) is 0.873. The van der Waals surface area contributed by atoms with Crippen LogP contribution in [-0.4, -0.2) is 22.8 Å². The number of aliphatic hydroxyl groups is 1. The van der Waals surface area contributed by atoms with Gasteiger partial charge in [0.1, 0.15) is 11.5 Å². The first-order valence-electron chi connectivity index (χ1n) is 6.25. The van der Waals surface area contributed by atoms with Gasteiger partial charge in [-0.1, -0.05) is 5.16 Å². The number of aryl methyl sites for hydroxylation is 1. The average molecular weight is 276 g/mol. The minimum absolute atomic E-state index is 0.165. The highest BCUT2D eigenvalue weighted by molar-refractivity contribution is 6.02. The minimum Gasteiger partial charge on any atom is -0.494 e. The molecule has 2 N–H and O–H groups in total. The second-order valence-corrected chi connectivity index (χ2v) is 4.19. The molecule has 2 rings (SSSR count). The highest BCUT2D eigenvalue weighted by Gasteiger charge is 2.12. The van der Waals surface area contributed by atoms with Crippen LogP contribution in [0.3, 0.4) is 0 Å². The maximum absolute atomic E-state index is 11.9. The summed E-state index contributed by atoms with van der Waals surface area (Å²) in [6.07, 6.45) is 0. The van der Waals surface area contributed by atoms with Gasteiger partial charge in [-0.25, -0.2) is 0 Å². The van der Waals surface area contributed by atoms with Gasteiger partial charge in [0.15, 0.2) is 5.69 Å². The molecule has 0 aliphatic heterocycles. The number of carbonyl (C=O) groups excluding carboxylic acids is 1. The molecule has 0 radical (unpaired) electrons. The summed E-state index contributed by atoms with van der Waals surface area (Å²) in [5.41, 5.74) is 1.38. The Hall–Kier alpha value is -2.34. The van der Waals surface area contributed by atoms with E-state index in [9.17, 15) is 9.90 Å². The van der Waals surface area contributed by atoms with Gasteiger partial charge in [-0.3, -0.25) is 4.79 Å². The van der Waals surface area contributed by atoms with E-state index < -0.39 is 0 Å². The van der Waals surface area contributed by atoms with Gasteiger partial charge in [-0.15, -0.1) is 0 Å². The molecule has 1 heterocycles. The molecule has 0 aliphatic rings. The van der Waals surface area contributed by atoms with E-state index in [1.54, 1.807) is 31.2 Å². The molecule has 0 bridgehead atoms. The third-order valence-corrected chi connectivity index (χ3v) is 2.65. The van der Waals surface area contributed by atoms with E-state index in [0.29, 0.717) is 29.4 Å². The number of amides is 1. The zero-order valence-corrected chi connectivity index (χ0v) is 11.3. The van der Waals surface area contributed by atoms with E-state index >= 15 is 0 Å². The zero-order valence-electron chi connectivity index (χ0n) is 11.3. The lowest BCUT2D eigenvalue weighted by Gasteiger charge is -2.10.